The van der Waals surface area contributed by atoms with E-state index >= 15 is 0 Å². The predicted molar refractivity (Wildman–Crippen MR) is 134 cm³/mol. The Morgan fingerprint density at radius 2 is 2.09 bits per heavy atom. The van der Waals surface area contributed by atoms with Crippen molar-refractivity contribution in [3.05, 3.63) is 78.4 Å². The fourth-order valence-electron chi connectivity index (χ4n) is 5.69. The van der Waals surface area contributed by atoms with Crippen LogP contribution in [0.15, 0.2) is 67.3 Å². The van der Waals surface area contributed by atoms with Crippen LogP contribution >= 0.6 is 0 Å². The van der Waals surface area contributed by atoms with Crippen molar-refractivity contribution in [1.29, 1.82) is 0 Å². The minimum absolute atomic E-state index is 0.0567. The lowest BCUT2D eigenvalue weighted by Crippen LogP contribution is -2.67. The molecule has 1 aliphatic carbocycles. The maximum absolute atomic E-state index is 12.7. The van der Waals surface area contributed by atoms with E-state index in [0.29, 0.717) is 25.8 Å². The van der Waals surface area contributed by atoms with Crippen LogP contribution in [-0.4, -0.2) is 59.4 Å². The normalized spacial score (nSPS) is 27.2. The molecule has 3 N–H and O–H groups in total. The van der Waals surface area contributed by atoms with E-state index in [4.69, 9.17) is 4.74 Å². The standard InChI is InChI=1S/C28H34N2O4/c1-3-15-30-16-14-27(22-7-5-9-25(18-22)34-2)19-23(12-13-28(27,33)20-30)29-26(32)11-10-21-6-4-8-24(31)17-21/h3-11,17-18,23,31,33H,1,12-16,19-20H2,2H3,(H,29,32)/b11-10+. The maximum Gasteiger partial charge on any atom is 0.244 e. The first-order chi connectivity index (χ1) is 16.4. The van der Waals surface area contributed by atoms with E-state index in [2.05, 4.69) is 22.9 Å². The molecule has 1 amide bonds. The number of fused-ring (bicyclic) bond motifs is 1. The third-order valence-corrected chi connectivity index (χ3v) is 7.39. The molecule has 1 heterocycles. The van der Waals surface area contributed by atoms with Crippen LogP contribution < -0.4 is 10.1 Å². The minimum atomic E-state index is -0.904. The number of nitrogens with one attached hydrogen (secondary N) is 1. The molecule has 0 radical (unpaired) electrons. The SMILES string of the molecule is C=CCN1CCC2(c3cccc(OC)c3)CC(NC(=O)/C=C/c3cccc(O)c3)CCC2(O)C1. The van der Waals surface area contributed by atoms with Gasteiger partial charge in [0.2, 0.25) is 5.91 Å². The van der Waals surface area contributed by atoms with Crippen molar-refractivity contribution in [2.45, 2.75) is 42.7 Å². The molecular formula is C28H34N2O4. The molecule has 1 saturated carbocycles. The zero-order valence-electron chi connectivity index (χ0n) is 19.7. The van der Waals surface area contributed by atoms with Gasteiger partial charge in [-0.2, -0.15) is 0 Å². The Hall–Kier alpha value is -3.09. The average Bonchev–Trinajstić information content (AvgIpc) is 2.83. The maximum atomic E-state index is 12.7. The molecule has 6 heteroatoms. The lowest BCUT2D eigenvalue weighted by molar-refractivity contribution is -0.130. The molecule has 34 heavy (non-hydrogen) atoms. The topological polar surface area (TPSA) is 82.0 Å². The number of aromatic hydroxyl groups is 1. The number of aliphatic hydroxyl groups is 1. The summed E-state index contributed by atoms with van der Waals surface area (Å²) in [6.45, 7) is 6.04. The largest absolute Gasteiger partial charge is 0.508 e. The Morgan fingerprint density at radius 1 is 1.26 bits per heavy atom. The van der Waals surface area contributed by atoms with Gasteiger partial charge in [0.05, 0.1) is 12.7 Å². The number of amides is 1. The summed E-state index contributed by atoms with van der Waals surface area (Å²) in [5.74, 6) is 0.753. The molecule has 1 aliphatic heterocycles. The van der Waals surface area contributed by atoms with Crippen LogP contribution in [0.5, 0.6) is 11.5 Å². The van der Waals surface area contributed by atoms with Crippen LogP contribution in [0, 0.1) is 0 Å². The second kappa shape index (κ2) is 10.0. The van der Waals surface area contributed by atoms with Gasteiger partial charge in [0, 0.05) is 30.6 Å². The quantitative estimate of drug-likeness (QED) is 0.432. The first kappa shape index (κ1) is 24.0. The Labute approximate surface area is 201 Å². The number of ether oxygens (including phenoxy) is 1. The van der Waals surface area contributed by atoms with Crippen LogP contribution in [0.25, 0.3) is 6.08 Å². The smallest absolute Gasteiger partial charge is 0.244 e. The molecule has 6 nitrogen and oxygen atoms in total. The number of hydrogen-bond acceptors (Lipinski definition) is 5. The third-order valence-electron chi connectivity index (χ3n) is 7.39. The Kier molecular flexibility index (Phi) is 7.10. The molecule has 3 atom stereocenters. The van der Waals surface area contributed by atoms with Crippen molar-refractivity contribution < 1.29 is 19.7 Å². The van der Waals surface area contributed by atoms with E-state index in [1.54, 1.807) is 31.4 Å². The van der Waals surface area contributed by atoms with Crippen molar-refractivity contribution in [1.82, 2.24) is 10.2 Å². The molecule has 0 bridgehead atoms. The fraction of sp³-hybridized carbons (Fsp3) is 0.393. The second-order valence-electron chi connectivity index (χ2n) is 9.50. The van der Waals surface area contributed by atoms with Gasteiger partial charge in [-0.15, -0.1) is 6.58 Å². The monoisotopic (exact) mass is 462 g/mol. The van der Waals surface area contributed by atoms with E-state index in [0.717, 1.165) is 36.4 Å². The number of carbonyl (C=O) groups excluding carboxylic acids is 1. The summed E-state index contributed by atoms with van der Waals surface area (Å²) in [6, 6.07) is 14.7. The summed E-state index contributed by atoms with van der Waals surface area (Å²) in [5, 5.41) is 24.8. The van der Waals surface area contributed by atoms with Crippen LogP contribution in [0.3, 0.4) is 0 Å². The Morgan fingerprint density at radius 3 is 2.85 bits per heavy atom. The molecule has 2 aromatic rings. The molecule has 0 aromatic heterocycles. The highest BCUT2D eigenvalue weighted by Gasteiger charge is 2.57. The van der Waals surface area contributed by atoms with Crippen molar-refractivity contribution in [2.24, 2.45) is 0 Å². The number of hydrogen-bond donors (Lipinski definition) is 3. The van der Waals surface area contributed by atoms with E-state index in [1.807, 2.05) is 30.3 Å². The van der Waals surface area contributed by atoms with Gasteiger partial charge in [-0.25, -0.2) is 0 Å². The van der Waals surface area contributed by atoms with Crippen LogP contribution in [-0.2, 0) is 10.2 Å². The molecule has 2 aromatic carbocycles. The number of benzene rings is 2. The van der Waals surface area contributed by atoms with Gasteiger partial charge in [0.15, 0.2) is 0 Å². The van der Waals surface area contributed by atoms with Crippen molar-refractivity contribution in [2.75, 3.05) is 26.7 Å². The average molecular weight is 463 g/mol. The summed E-state index contributed by atoms with van der Waals surface area (Å²) in [5.41, 5.74) is 0.432. The Balaban J connectivity index is 1.56. The molecule has 1 saturated heterocycles. The van der Waals surface area contributed by atoms with E-state index < -0.39 is 11.0 Å². The highest BCUT2D eigenvalue weighted by Crippen LogP contribution is 2.52. The Bertz CT molecular complexity index is 1070. The number of carbonyl (C=O) groups is 1. The number of β-amino-alcohol motifs (C(OH)–C–C–N with tert-alkyl or cyclic N) is 1. The van der Waals surface area contributed by atoms with Crippen LogP contribution in [0.4, 0.5) is 0 Å². The first-order valence-electron chi connectivity index (χ1n) is 11.9. The van der Waals surface area contributed by atoms with Crippen LogP contribution in [0.2, 0.25) is 0 Å². The summed E-state index contributed by atoms with van der Waals surface area (Å²) < 4.78 is 5.49. The van der Waals surface area contributed by atoms with Crippen LogP contribution in [0.1, 0.15) is 36.8 Å². The lowest BCUT2D eigenvalue weighted by atomic mass is 9.55. The highest BCUT2D eigenvalue weighted by molar-refractivity contribution is 5.92. The molecule has 2 aliphatic rings. The number of piperidine rings is 1. The highest BCUT2D eigenvalue weighted by atomic mass is 16.5. The van der Waals surface area contributed by atoms with Gasteiger partial charge in [0.1, 0.15) is 11.5 Å². The van der Waals surface area contributed by atoms with Crippen molar-refractivity contribution >= 4 is 12.0 Å². The van der Waals surface area contributed by atoms with Crippen molar-refractivity contribution in [3.8, 4) is 11.5 Å². The summed E-state index contributed by atoms with van der Waals surface area (Å²) in [4.78, 5) is 15.0. The molecule has 3 unspecified atom stereocenters. The van der Waals surface area contributed by atoms with E-state index in [1.165, 1.54) is 6.08 Å². The predicted octanol–water partition coefficient (Wildman–Crippen LogP) is 3.64. The number of nitrogens with zero attached hydrogens (tertiary/aromatic N) is 1. The number of phenolic OH excluding ortho intramolecular Hbond substituents is 1. The van der Waals surface area contributed by atoms with Crippen molar-refractivity contribution in [3.63, 3.8) is 0 Å². The minimum Gasteiger partial charge on any atom is -0.508 e. The third kappa shape index (κ3) is 4.88. The molecule has 4 rings (SSSR count). The summed E-state index contributed by atoms with van der Waals surface area (Å²) in [6.07, 6.45) is 7.82. The number of rotatable bonds is 7. The summed E-state index contributed by atoms with van der Waals surface area (Å²) in [7, 11) is 1.65. The number of phenols is 1. The van der Waals surface area contributed by atoms with Gasteiger partial charge in [-0.1, -0.05) is 30.3 Å². The summed E-state index contributed by atoms with van der Waals surface area (Å²) >= 11 is 0. The van der Waals surface area contributed by atoms with Gasteiger partial charge < -0.3 is 20.3 Å². The second-order valence-corrected chi connectivity index (χ2v) is 9.50. The number of likely N-dealkylation sites (tertiary alicyclic amines) is 1. The molecular weight excluding hydrogens is 428 g/mol. The van der Waals surface area contributed by atoms with E-state index in [9.17, 15) is 15.0 Å². The van der Waals surface area contributed by atoms with Gasteiger partial charge in [-0.3, -0.25) is 9.69 Å². The van der Waals surface area contributed by atoms with Gasteiger partial charge in [-0.05, 0) is 73.7 Å². The zero-order chi connectivity index (χ0) is 24.2. The first-order valence-corrected chi connectivity index (χ1v) is 11.9. The molecule has 2 fully saturated rings. The molecule has 0 spiro atoms. The zero-order valence-corrected chi connectivity index (χ0v) is 19.7. The fourth-order valence-corrected chi connectivity index (χ4v) is 5.69. The van der Waals surface area contributed by atoms with Gasteiger partial charge in [0.25, 0.3) is 0 Å². The van der Waals surface area contributed by atoms with E-state index in [-0.39, 0.29) is 17.7 Å². The number of methoxy groups -OCH3 is 1. The van der Waals surface area contributed by atoms with Gasteiger partial charge >= 0.3 is 0 Å². The lowest BCUT2D eigenvalue weighted by Gasteiger charge is -2.58. The molecule has 180 valence electrons.